The molecule has 27 heavy (non-hydrogen) atoms. The first kappa shape index (κ1) is 18.1. The highest BCUT2D eigenvalue weighted by molar-refractivity contribution is 6.30. The minimum atomic E-state index is 0.139. The lowest BCUT2D eigenvalue weighted by atomic mass is 9.99. The number of nitrogens with zero attached hydrogens (tertiary/aromatic N) is 2. The van der Waals surface area contributed by atoms with Crippen molar-refractivity contribution >= 4 is 23.2 Å². The molecule has 0 saturated heterocycles. The van der Waals surface area contributed by atoms with Crippen molar-refractivity contribution in [3.05, 3.63) is 52.0 Å². The van der Waals surface area contributed by atoms with Gasteiger partial charge in [0.15, 0.2) is 11.5 Å². The first-order chi connectivity index (χ1) is 13.1. The van der Waals surface area contributed by atoms with Crippen LogP contribution < -0.4 is 14.4 Å². The molecule has 2 aromatic rings. The first-order valence-corrected chi connectivity index (χ1v) is 9.51. The van der Waals surface area contributed by atoms with E-state index < -0.39 is 0 Å². The van der Waals surface area contributed by atoms with Gasteiger partial charge in [0.1, 0.15) is 0 Å². The summed E-state index contributed by atoms with van der Waals surface area (Å²) in [5.41, 5.74) is 4.60. The van der Waals surface area contributed by atoms with E-state index in [4.69, 9.17) is 21.1 Å². The van der Waals surface area contributed by atoms with Gasteiger partial charge in [-0.2, -0.15) is 0 Å². The predicted octanol–water partition coefficient (Wildman–Crippen LogP) is 3.30. The summed E-state index contributed by atoms with van der Waals surface area (Å²) in [6.45, 7) is 2.73. The number of carbonyl (C=O) groups excluding carboxylic acids is 1. The minimum Gasteiger partial charge on any atom is -0.493 e. The molecule has 2 aromatic carbocycles. The van der Waals surface area contributed by atoms with Crippen LogP contribution in [0.25, 0.3) is 0 Å². The van der Waals surface area contributed by atoms with E-state index in [9.17, 15) is 4.79 Å². The highest BCUT2D eigenvalue weighted by Gasteiger charge is 2.27. The van der Waals surface area contributed by atoms with E-state index in [1.165, 1.54) is 11.1 Å². The van der Waals surface area contributed by atoms with Crippen LogP contribution in [0.15, 0.2) is 30.3 Å². The predicted molar refractivity (Wildman–Crippen MR) is 106 cm³/mol. The number of hydrogen-bond donors (Lipinski definition) is 0. The normalized spacial score (nSPS) is 16.0. The van der Waals surface area contributed by atoms with Crippen LogP contribution in [0.5, 0.6) is 11.5 Å². The van der Waals surface area contributed by atoms with Crippen molar-refractivity contribution < 1.29 is 14.3 Å². The van der Waals surface area contributed by atoms with E-state index in [0.717, 1.165) is 60.2 Å². The number of rotatable bonds is 4. The summed E-state index contributed by atoms with van der Waals surface area (Å²) < 4.78 is 10.8. The zero-order chi connectivity index (χ0) is 19.0. The van der Waals surface area contributed by atoms with Crippen molar-refractivity contribution in [2.45, 2.75) is 19.4 Å². The Hall–Kier alpha value is -2.24. The largest absolute Gasteiger partial charge is 0.493 e. The number of hydrogen-bond acceptors (Lipinski definition) is 4. The maximum atomic E-state index is 12.9. The molecule has 4 rings (SSSR count). The fourth-order valence-corrected chi connectivity index (χ4v) is 4.18. The second-order valence-corrected chi connectivity index (χ2v) is 7.44. The third-order valence-corrected chi connectivity index (χ3v) is 5.63. The van der Waals surface area contributed by atoms with Crippen molar-refractivity contribution in [1.29, 1.82) is 0 Å². The Kier molecular flexibility index (Phi) is 4.98. The van der Waals surface area contributed by atoms with Crippen molar-refractivity contribution in [3.8, 4) is 11.5 Å². The molecule has 1 amide bonds. The number of benzene rings is 2. The maximum absolute atomic E-state index is 12.9. The van der Waals surface area contributed by atoms with E-state index >= 15 is 0 Å². The second kappa shape index (κ2) is 7.41. The topological polar surface area (TPSA) is 42.0 Å². The van der Waals surface area contributed by atoms with Gasteiger partial charge in [0.05, 0.1) is 20.8 Å². The Bertz CT molecular complexity index is 884. The summed E-state index contributed by atoms with van der Waals surface area (Å²) in [5.74, 6) is 1.63. The Balaban J connectivity index is 1.47. The van der Waals surface area contributed by atoms with Gasteiger partial charge in [-0.15, -0.1) is 0 Å². The summed E-state index contributed by atoms with van der Waals surface area (Å²) in [7, 11) is 3.30. The fraction of sp³-hybridized carbons (Fsp3) is 0.381. The molecule has 6 heteroatoms. The van der Waals surface area contributed by atoms with Crippen molar-refractivity contribution in [2.75, 3.05) is 38.8 Å². The molecular weight excluding hydrogens is 364 g/mol. The van der Waals surface area contributed by atoms with Crippen LogP contribution >= 0.6 is 11.6 Å². The SMILES string of the molecule is COc1cc2c(cc1OC)CN(CC(=O)N1CCc3cc(Cl)ccc31)CC2. The molecule has 0 aliphatic carbocycles. The van der Waals surface area contributed by atoms with Gasteiger partial charge in [-0.05, 0) is 59.9 Å². The number of methoxy groups -OCH3 is 2. The molecule has 0 spiro atoms. The third kappa shape index (κ3) is 3.49. The molecule has 0 N–H and O–H groups in total. The van der Waals surface area contributed by atoms with Gasteiger partial charge in [0, 0.05) is 30.3 Å². The molecule has 2 aliphatic heterocycles. The first-order valence-electron chi connectivity index (χ1n) is 9.14. The molecule has 0 unspecified atom stereocenters. The van der Waals surface area contributed by atoms with Crippen LogP contribution in [0.4, 0.5) is 5.69 Å². The summed E-state index contributed by atoms with van der Waals surface area (Å²) >= 11 is 6.07. The Labute approximate surface area is 164 Å². The summed E-state index contributed by atoms with van der Waals surface area (Å²) in [6.07, 6.45) is 1.76. The van der Waals surface area contributed by atoms with Gasteiger partial charge in [-0.25, -0.2) is 0 Å². The quantitative estimate of drug-likeness (QED) is 0.808. The average molecular weight is 387 g/mol. The molecule has 0 aromatic heterocycles. The van der Waals surface area contributed by atoms with E-state index in [1.54, 1.807) is 14.2 Å². The zero-order valence-electron chi connectivity index (χ0n) is 15.6. The minimum absolute atomic E-state index is 0.139. The van der Waals surface area contributed by atoms with Crippen LogP contribution in [0.1, 0.15) is 16.7 Å². The van der Waals surface area contributed by atoms with E-state index in [1.807, 2.05) is 35.2 Å². The third-order valence-electron chi connectivity index (χ3n) is 5.39. The molecule has 0 fully saturated rings. The van der Waals surface area contributed by atoms with Crippen LogP contribution in [0, 0.1) is 0 Å². The highest BCUT2D eigenvalue weighted by atomic mass is 35.5. The van der Waals surface area contributed by atoms with Gasteiger partial charge < -0.3 is 14.4 Å². The Morgan fingerprint density at radius 1 is 1.00 bits per heavy atom. The monoisotopic (exact) mass is 386 g/mol. The molecular formula is C21H23ClN2O3. The van der Waals surface area contributed by atoms with E-state index in [-0.39, 0.29) is 5.91 Å². The lowest BCUT2D eigenvalue weighted by Gasteiger charge is -2.30. The van der Waals surface area contributed by atoms with Crippen LogP contribution in [0.2, 0.25) is 5.02 Å². The van der Waals surface area contributed by atoms with Gasteiger partial charge in [0.25, 0.3) is 0 Å². The highest BCUT2D eigenvalue weighted by Crippen LogP contribution is 2.34. The summed E-state index contributed by atoms with van der Waals surface area (Å²) in [6, 6.07) is 9.83. The molecule has 5 nitrogen and oxygen atoms in total. The van der Waals surface area contributed by atoms with Crippen LogP contribution in [-0.2, 0) is 24.2 Å². The standard InChI is InChI=1S/C21H23ClN2O3/c1-26-19-10-14-5-7-23(12-16(14)11-20(19)27-2)13-21(25)24-8-6-15-9-17(22)3-4-18(15)24/h3-4,9-11H,5-8,12-13H2,1-2H3. The van der Waals surface area contributed by atoms with E-state index in [0.29, 0.717) is 6.54 Å². The molecule has 0 radical (unpaired) electrons. The van der Waals surface area contributed by atoms with E-state index in [2.05, 4.69) is 4.90 Å². The van der Waals surface area contributed by atoms with Crippen molar-refractivity contribution in [3.63, 3.8) is 0 Å². The fourth-order valence-electron chi connectivity index (χ4n) is 3.98. The molecule has 0 bridgehead atoms. The van der Waals surface area contributed by atoms with Gasteiger partial charge in [-0.1, -0.05) is 11.6 Å². The smallest absolute Gasteiger partial charge is 0.241 e. The summed E-state index contributed by atoms with van der Waals surface area (Å²) in [5, 5.41) is 0.722. The number of fused-ring (bicyclic) bond motifs is 2. The second-order valence-electron chi connectivity index (χ2n) is 7.00. The summed E-state index contributed by atoms with van der Waals surface area (Å²) in [4.78, 5) is 17.0. The number of anilines is 1. The number of ether oxygens (including phenoxy) is 2. The maximum Gasteiger partial charge on any atom is 0.241 e. The lowest BCUT2D eigenvalue weighted by molar-refractivity contribution is -0.119. The average Bonchev–Trinajstić information content (AvgIpc) is 3.09. The molecule has 0 atom stereocenters. The van der Waals surface area contributed by atoms with Crippen LogP contribution in [-0.4, -0.2) is 44.7 Å². The zero-order valence-corrected chi connectivity index (χ0v) is 16.4. The van der Waals surface area contributed by atoms with Crippen molar-refractivity contribution in [1.82, 2.24) is 4.90 Å². The van der Waals surface area contributed by atoms with Crippen LogP contribution in [0.3, 0.4) is 0 Å². The Morgan fingerprint density at radius 2 is 1.70 bits per heavy atom. The molecule has 2 aliphatic rings. The Morgan fingerprint density at radius 3 is 2.44 bits per heavy atom. The van der Waals surface area contributed by atoms with Gasteiger partial charge in [0.2, 0.25) is 5.91 Å². The number of carbonyl (C=O) groups is 1. The van der Waals surface area contributed by atoms with Crippen molar-refractivity contribution in [2.24, 2.45) is 0 Å². The number of halogens is 1. The van der Waals surface area contributed by atoms with Gasteiger partial charge in [-0.3, -0.25) is 9.69 Å². The van der Waals surface area contributed by atoms with Gasteiger partial charge >= 0.3 is 0 Å². The molecule has 2 heterocycles. The molecule has 142 valence electrons. The lowest BCUT2D eigenvalue weighted by Crippen LogP contribution is -2.41. The number of amides is 1. The molecule has 0 saturated carbocycles.